The fourth-order valence-corrected chi connectivity index (χ4v) is 6.98. The Morgan fingerprint density at radius 3 is 2.56 bits per heavy atom. The molecule has 10 heteroatoms. The van der Waals surface area contributed by atoms with Crippen LogP contribution >= 0.6 is 0 Å². The Morgan fingerprint density at radius 1 is 1.17 bits per heavy atom. The molecule has 2 heterocycles. The van der Waals surface area contributed by atoms with E-state index in [1.165, 1.54) is 30.3 Å². The molecule has 2 fully saturated rings. The second-order valence-corrected chi connectivity index (χ2v) is 14.1. The Hall–Kier alpha value is -3.66. The Bertz CT molecular complexity index is 1600. The molecule has 222 valence electrons. The number of carbonyl (C=O) groups is 1. The average Bonchev–Trinajstić information content (AvgIpc) is 3.18. The number of amides is 1. The number of ether oxygens (including phenoxy) is 1. The van der Waals surface area contributed by atoms with E-state index in [9.17, 15) is 17.6 Å². The minimum Gasteiger partial charge on any atom is -0.493 e. The van der Waals surface area contributed by atoms with E-state index in [4.69, 9.17) is 15.5 Å². The molecule has 3 N–H and O–H groups in total. The number of carbonyl (C=O) groups excluding carboxylic acids is 1. The third-order valence-electron chi connectivity index (χ3n) is 7.97. The molecule has 5 rings (SSSR count). The van der Waals surface area contributed by atoms with Crippen molar-refractivity contribution in [2.75, 3.05) is 23.8 Å². The van der Waals surface area contributed by atoms with Crippen LogP contribution in [0.3, 0.4) is 0 Å². The van der Waals surface area contributed by atoms with Gasteiger partial charge in [0.05, 0.1) is 22.8 Å². The molecule has 1 spiro atoms. The summed E-state index contributed by atoms with van der Waals surface area (Å²) in [6, 6.07) is 13.4. The second-order valence-electron chi connectivity index (χ2n) is 12.4. The van der Waals surface area contributed by atoms with Crippen molar-refractivity contribution in [1.29, 1.82) is 0 Å². The van der Waals surface area contributed by atoms with Gasteiger partial charge in [-0.05, 0) is 86.9 Å². The quantitative estimate of drug-likeness (QED) is 0.300. The minimum atomic E-state index is -4.19. The van der Waals surface area contributed by atoms with E-state index in [0.29, 0.717) is 36.0 Å². The van der Waals surface area contributed by atoms with Crippen LogP contribution in [0, 0.1) is 17.2 Å². The molecule has 3 aromatic rings. The van der Waals surface area contributed by atoms with Crippen molar-refractivity contribution in [3.8, 4) is 17.0 Å². The Balaban J connectivity index is 0.00000253. The molecule has 0 radical (unpaired) electrons. The molecular weight excluding hydrogens is 543 g/mol. The minimum absolute atomic E-state index is 0. The standard InChI is InChI=1S/C31H37FN4O4S.2H2/c1-20(2)17-40-24-14-21(13-22(32)15-24)27-10-9-26(29(37)35-41(38,39)25-8-5-7-23(33)16-25)28(34-27)36-19-31(11-6-12-31)18-30(36,3)4;;/h5,7-10,13-16,20H,6,11-12,17-19,33H2,1-4H3,(H,35,37);2*1H. The lowest BCUT2D eigenvalue weighted by Gasteiger charge is -2.38. The van der Waals surface area contributed by atoms with Gasteiger partial charge in [-0.25, -0.2) is 22.5 Å². The van der Waals surface area contributed by atoms with Gasteiger partial charge in [0, 0.05) is 32.3 Å². The number of sulfonamides is 1. The Labute approximate surface area is 244 Å². The molecule has 2 aliphatic rings. The number of nitrogens with one attached hydrogen (secondary N) is 1. The fraction of sp³-hybridized carbons (Fsp3) is 0.419. The molecule has 1 saturated heterocycles. The SMILES string of the molecule is CC(C)COc1cc(F)cc(-c2ccc(C(=O)NS(=O)(=O)c3cccc(N)c3)c(N3CC4(CCC4)CC3(C)C)n2)c1.[HH].[HH]. The van der Waals surface area contributed by atoms with Crippen LogP contribution in [0.2, 0.25) is 0 Å². The number of nitrogen functional groups attached to an aromatic ring is 1. The van der Waals surface area contributed by atoms with Crippen molar-refractivity contribution >= 4 is 27.4 Å². The number of benzene rings is 2. The number of pyridine rings is 1. The summed E-state index contributed by atoms with van der Waals surface area (Å²) >= 11 is 0. The number of hydrogen-bond donors (Lipinski definition) is 2. The predicted molar refractivity (Wildman–Crippen MR) is 162 cm³/mol. The van der Waals surface area contributed by atoms with E-state index in [2.05, 4.69) is 23.5 Å². The summed E-state index contributed by atoms with van der Waals surface area (Å²) in [4.78, 5) is 20.5. The maximum absolute atomic E-state index is 14.6. The monoisotopic (exact) mass is 584 g/mol. The molecule has 1 aliphatic carbocycles. The fourth-order valence-electron chi connectivity index (χ4n) is 5.96. The molecule has 1 aromatic heterocycles. The van der Waals surface area contributed by atoms with Gasteiger partial charge in [0.2, 0.25) is 0 Å². The third kappa shape index (κ3) is 6.02. The van der Waals surface area contributed by atoms with E-state index in [-0.39, 0.29) is 35.9 Å². The first-order valence-corrected chi connectivity index (χ1v) is 15.4. The number of halogens is 1. The van der Waals surface area contributed by atoms with Crippen LogP contribution in [0.4, 0.5) is 15.9 Å². The molecule has 1 saturated carbocycles. The summed E-state index contributed by atoms with van der Waals surface area (Å²) in [5, 5.41) is 0. The molecule has 1 amide bonds. The molecule has 2 aromatic carbocycles. The highest BCUT2D eigenvalue weighted by atomic mass is 32.2. The molecule has 1 aliphatic heterocycles. The van der Waals surface area contributed by atoms with E-state index in [0.717, 1.165) is 25.7 Å². The molecule has 8 nitrogen and oxygen atoms in total. The van der Waals surface area contributed by atoms with Crippen molar-refractivity contribution in [1.82, 2.24) is 9.71 Å². The van der Waals surface area contributed by atoms with Crippen molar-refractivity contribution in [2.24, 2.45) is 11.3 Å². The third-order valence-corrected chi connectivity index (χ3v) is 9.30. The maximum atomic E-state index is 14.6. The highest BCUT2D eigenvalue weighted by Gasteiger charge is 2.52. The highest BCUT2D eigenvalue weighted by Crippen LogP contribution is 2.55. The van der Waals surface area contributed by atoms with Crippen molar-refractivity contribution in [3.05, 3.63) is 66.0 Å². The number of anilines is 2. The van der Waals surface area contributed by atoms with Crippen LogP contribution in [0.1, 0.15) is 66.6 Å². The normalized spacial score (nSPS) is 17.5. The number of nitrogens with two attached hydrogens (primary N) is 1. The lowest BCUT2D eigenvalue weighted by atomic mass is 9.66. The molecule has 0 atom stereocenters. The van der Waals surface area contributed by atoms with Crippen LogP contribution in [-0.4, -0.2) is 38.0 Å². The van der Waals surface area contributed by atoms with Crippen LogP contribution in [-0.2, 0) is 10.0 Å². The topological polar surface area (TPSA) is 115 Å². The number of rotatable bonds is 8. The van der Waals surface area contributed by atoms with Crippen LogP contribution in [0.15, 0.2) is 59.5 Å². The first-order valence-electron chi connectivity index (χ1n) is 13.9. The zero-order valence-corrected chi connectivity index (χ0v) is 24.7. The van der Waals surface area contributed by atoms with Crippen LogP contribution < -0.4 is 20.1 Å². The zero-order valence-electron chi connectivity index (χ0n) is 23.9. The van der Waals surface area contributed by atoms with E-state index in [1.807, 2.05) is 13.8 Å². The van der Waals surface area contributed by atoms with Gasteiger partial charge in [-0.1, -0.05) is 26.3 Å². The van der Waals surface area contributed by atoms with Gasteiger partial charge in [0.15, 0.2) is 0 Å². The van der Waals surface area contributed by atoms with Crippen LogP contribution in [0.25, 0.3) is 11.3 Å². The van der Waals surface area contributed by atoms with E-state index < -0.39 is 21.7 Å². The van der Waals surface area contributed by atoms with Gasteiger partial charge in [-0.3, -0.25) is 4.79 Å². The van der Waals surface area contributed by atoms with Crippen molar-refractivity contribution < 1.29 is 25.2 Å². The van der Waals surface area contributed by atoms with Gasteiger partial charge in [-0.2, -0.15) is 0 Å². The number of nitrogens with zero attached hydrogens (tertiary/aromatic N) is 2. The summed E-state index contributed by atoms with van der Waals surface area (Å²) in [5.74, 6) is -0.238. The second kappa shape index (κ2) is 10.6. The first-order chi connectivity index (χ1) is 19.3. The summed E-state index contributed by atoms with van der Waals surface area (Å²) in [7, 11) is -4.19. The Kier molecular flexibility index (Phi) is 7.48. The van der Waals surface area contributed by atoms with Gasteiger partial charge < -0.3 is 15.4 Å². The summed E-state index contributed by atoms with van der Waals surface area (Å²) < 4.78 is 48.8. The number of aromatic nitrogens is 1. The maximum Gasteiger partial charge on any atom is 0.268 e. The lowest BCUT2D eigenvalue weighted by Crippen LogP contribution is -2.41. The van der Waals surface area contributed by atoms with E-state index in [1.54, 1.807) is 24.3 Å². The van der Waals surface area contributed by atoms with Gasteiger partial charge in [-0.15, -0.1) is 0 Å². The number of hydrogen-bond acceptors (Lipinski definition) is 7. The largest absolute Gasteiger partial charge is 0.493 e. The average molecular weight is 585 g/mol. The predicted octanol–water partition coefficient (Wildman–Crippen LogP) is 6.27. The highest BCUT2D eigenvalue weighted by molar-refractivity contribution is 7.90. The van der Waals surface area contributed by atoms with Crippen molar-refractivity contribution in [2.45, 2.75) is 63.8 Å². The first kappa shape index (κ1) is 28.9. The van der Waals surface area contributed by atoms with Crippen molar-refractivity contribution in [3.63, 3.8) is 0 Å². The van der Waals surface area contributed by atoms with E-state index >= 15 is 0 Å². The molecule has 0 unspecified atom stereocenters. The zero-order chi connectivity index (χ0) is 29.6. The molecule has 41 heavy (non-hydrogen) atoms. The molecular formula is C31H41FN4O4S. The van der Waals surface area contributed by atoms with Gasteiger partial charge >= 0.3 is 0 Å². The summed E-state index contributed by atoms with van der Waals surface area (Å²) in [6.07, 6.45) is 4.28. The lowest BCUT2D eigenvalue weighted by molar-refractivity contribution is 0.0981. The van der Waals surface area contributed by atoms with Gasteiger partial charge in [0.25, 0.3) is 15.9 Å². The molecule has 0 bridgehead atoms. The smallest absolute Gasteiger partial charge is 0.268 e. The van der Waals surface area contributed by atoms with Gasteiger partial charge in [0.1, 0.15) is 17.4 Å². The Morgan fingerprint density at radius 2 is 1.93 bits per heavy atom. The van der Waals surface area contributed by atoms with Crippen LogP contribution in [0.5, 0.6) is 5.75 Å². The summed E-state index contributed by atoms with van der Waals surface area (Å²) in [5.41, 5.74) is 6.92. The summed E-state index contributed by atoms with van der Waals surface area (Å²) in [6.45, 7) is 9.38.